The summed E-state index contributed by atoms with van der Waals surface area (Å²) in [5, 5.41) is 10.8. The highest BCUT2D eigenvalue weighted by molar-refractivity contribution is 7.10. The standard InChI is InChI=1S/C9H12.3C8H11N.3C7H10S.C4H10.8C2H6.CH4.B/c1-8(2)9-6-4-3-5-7-9;1-7(2)8-3-5-9-6-4-8;1-7(2)8-4-3-5-9-6-8;1-7(2)8-5-3-4-6-9-8;2*1-6(2)7-3-4-8-5-7;1-6(2)7-4-3-5-8-7;1-4(2)3;8*1-2;;/h3-8H,1-2H3;3*3-7H,1-2H3;3*3-6H,1-2H3;4H,1-3H3;8*1-2H3;1H4;. The Hall–Kier alpha value is -4.17. The quantitative estimate of drug-likeness (QED) is 0.149. The van der Waals surface area contributed by atoms with Gasteiger partial charge >= 0.3 is 0 Å². The molecule has 3 nitrogen and oxygen atoms in total. The lowest BCUT2D eigenvalue weighted by atomic mass is 10.0. The Morgan fingerprint density at radius 2 is 0.671 bits per heavy atom. The fraction of sp³-hybridized carbons (Fsp3) is 0.560. The summed E-state index contributed by atoms with van der Waals surface area (Å²) in [5.74, 6) is 5.35. The number of hydrogen-bond acceptors (Lipinski definition) is 6. The third-order valence-corrected chi connectivity index (χ3v) is 11.6. The average molecular weight is 1190 g/mol. The van der Waals surface area contributed by atoms with Crippen LogP contribution in [0.2, 0.25) is 0 Å². The van der Waals surface area contributed by atoms with Crippen molar-refractivity contribution >= 4 is 42.4 Å². The van der Waals surface area contributed by atoms with Crippen LogP contribution < -0.4 is 0 Å². The molecule has 0 amide bonds. The summed E-state index contributed by atoms with van der Waals surface area (Å²) in [6.07, 6.45) is 9.19. The highest BCUT2D eigenvalue weighted by Gasteiger charge is 1.99. The third kappa shape index (κ3) is 71.9. The molecule has 0 fully saturated rings. The van der Waals surface area contributed by atoms with E-state index in [9.17, 15) is 0 Å². The molecule has 7 aromatic rings. The zero-order chi connectivity index (χ0) is 64.3. The Morgan fingerprint density at radius 3 is 0.866 bits per heavy atom. The van der Waals surface area contributed by atoms with Crippen LogP contribution in [0.15, 0.2) is 155 Å². The number of rotatable bonds is 7. The van der Waals surface area contributed by atoms with Crippen LogP contribution in [0.5, 0.6) is 0 Å². The number of nitrogens with zero attached hydrogens (tertiary/aromatic N) is 3. The summed E-state index contributed by atoms with van der Waals surface area (Å²) in [6, 6.07) is 33.3. The Bertz CT molecular complexity index is 1690. The molecule has 7 heteroatoms. The molecule has 0 aliphatic rings. The van der Waals surface area contributed by atoms with Crippen molar-refractivity contribution in [1.29, 1.82) is 0 Å². The molecule has 0 saturated carbocycles. The van der Waals surface area contributed by atoms with Gasteiger partial charge in [-0.3, -0.25) is 15.0 Å². The second kappa shape index (κ2) is 83.3. The minimum Gasteiger partial charge on any atom is -0.265 e. The number of benzene rings is 1. The molecule has 6 heterocycles. The zero-order valence-electron chi connectivity index (χ0n) is 59.3. The monoisotopic (exact) mass is 1190 g/mol. The normalized spacial score (nSPS) is 8.50. The van der Waals surface area contributed by atoms with Crippen LogP contribution in [0.1, 0.15) is 316 Å². The van der Waals surface area contributed by atoms with Crippen LogP contribution in [-0.4, -0.2) is 23.4 Å². The Labute approximate surface area is 530 Å². The first-order chi connectivity index (χ1) is 38.4. The number of aromatic nitrogens is 3. The van der Waals surface area contributed by atoms with Gasteiger partial charge in [0.15, 0.2) is 0 Å². The van der Waals surface area contributed by atoms with Crippen molar-refractivity contribution in [2.24, 2.45) is 5.92 Å². The predicted molar refractivity (Wildman–Crippen MR) is 395 cm³/mol. The zero-order valence-corrected chi connectivity index (χ0v) is 61.7. The Morgan fingerprint density at radius 1 is 0.305 bits per heavy atom. The van der Waals surface area contributed by atoms with Gasteiger partial charge < -0.3 is 0 Å². The van der Waals surface area contributed by atoms with E-state index in [-0.39, 0.29) is 15.8 Å². The first-order valence-electron chi connectivity index (χ1n) is 31.2. The molecule has 1 aromatic carbocycles. The van der Waals surface area contributed by atoms with Gasteiger partial charge in [-0.2, -0.15) is 22.7 Å². The summed E-state index contributed by atoms with van der Waals surface area (Å²) in [7, 11) is 0. The fourth-order valence-corrected chi connectivity index (χ4v) is 7.24. The van der Waals surface area contributed by atoms with Crippen molar-refractivity contribution in [3.05, 3.63) is 193 Å². The molecule has 82 heavy (non-hydrogen) atoms. The van der Waals surface area contributed by atoms with Gasteiger partial charge in [-0.1, -0.05) is 284 Å². The van der Waals surface area contributed by atoms with Crippen LogP contribution in [0, 0.1) is 5.92 Å². The van der Waals surface area contributed by atoms with Gasteiger partial charge in [0.05, 0.1) is 0 Å². The summed E-state index contributed by atoms with van der Waals surface area (Å²) in [5.41, 5.74) is 8.14. The molecular weight excluding hydrogens is 1050 g/mol. The summed E-state index contributed by atoms with van der Waals surface area (Å²) < 4.78 is 0. The molecular formula is C75H137BN3S3. The van der Waals surface area contributed by atoms with Crippen LogP contribution in [0.25, 0.3) is 0 Å². The number of hydrogen-bond donors (Lipinski definition) is 0. The van der Waals surface area contributed by atoms with Crippen molar-refractivity contribution in [1.82, 2.24) is 15.0 Å². The summed E-state index contributed by atoms with van der Waals surface area (Å²) >= 11 is 5.37. The molecule has 0 spiro atoms. The SMILES string of the molecule is C.CC.CC.CC.CC.CC.CC.CC.CC.CC(C)C.CC(C)c1ccccc1.CC(C)c1ccccn1.CC(C)c1cccnc1.CC(C)c1cccs1.CC(C)c1ccncc1.CC(C)c1ccsc1.CC(C)c1ccsc1.[B]. The molecule has 0 bridgehead atoms. The van der Waals surface area contributed by atoms with Crippen molar-refractivity contribution in [2.45, 2.75) is 277 Å². The van der Waals surface area contributed by atoms with Crippen LogP contribution in [0.4, 0.5) is 0 Å². The highest BCUT2D eigenvalue weighted by Crippen LogP contribution is 2.19. The van der Waals surface area contributed by atoms with Gasteiger partial charge in [-0.15, -0.1) is 11.3 Å². The van der Waals surface area contributed by atoms with Crippen molar-refractivity contribution in [3.8, 4) is 0 Å². The smallest absolute Gasteiger partial charge is 0.0428 e. The van der Waals surface area contributed by atoms with Gasteiger partial charge in [0, 0.05) is 50.0 Å². The fourth-order valence-electron chi connectivity index (χ4n) is 4.85. The van der Waals surface area contributed by atoms with Gasteiger partial charge in [0.2, 0.25) is 0 Å². The molecule has 0 aliphatic heterocycles. The van der Waals surface area contributed by atoms with Crippen molar-refractivity contribution in [2.75, 3.05) is 0 Å². The molecule has 0 aliphatic carbocycles. The molecule has 3 radical (unpaired) electrons. The summed E-state index contributed by atoms with van der Waals surface area (Å²) in [4.78, 5) is 13.6. The lowest BCUT2D eigenvalue weighted by Gasteiger charge is -2.01. The Balaban J connectivity index is -0.0000000754. The van der Waals surface area contributed by atoms with E-state index in [0.717, 1.165) is 11.6 Å². The molecule has 7 rings (SSSR count). The molecule has 0 unspecified atom stereocenters. The average Bonchev–Trinajstić information content (AvgIpc) is 4.37. The van der Waals surface area contributed by atoms with Crippen molar-refractivity contribution < 1.29 is 0 Å². The highest BCUT2D eigenvalue weighted by atomic mass is 32.1. The van der Waals surface area contributed by atoms with E-state index < -0.39 is 0 Å². The maximum Gasteiger partial charge on any atom is 0.0428 e. The minimum absolute atomic E-state index is 0. The van der Waals surface area contributed by atoms with E-state index in [2.05, 4.69) is 214 Å². The first kappa shape index (κ1) is 103. The minimum atomic E-state index is 0. The topological polar surface area (TPSA) is 38.7 Å². The van der Waals surface area contributed by atoms with E-state index in [4.69, 9.17) is 0 Å². The lowest BCUT2D eigenvalue weighted by molar-refractivity contribution is 0.737. The second-order valence-electron chi connectivity index (χ2n) is 18.2. The van der Waals surface area contributed by atoms with Gasteiger partial charge in [0.25, 0.3) is 0 Å². The molecule has 473 valence electrons. The van der Waals surface area contributed by atoms with Crippen LogP contribution in [0.3, 0.4) is 0 Å². The first-order valence-corrected chi connectivity index (χ1v) is 34.0. The largest absolute Gasteiger partial charge is 0.265 e. The molecule has 0 saturated heterocycles. The second-order valence-corrected chi connectivity index (χ2v) is 20.7. The third-order valence-electron chi connectivity index (χ3n) is 9.00. The predicted octanol–water partition coefficient (Wildman–Crippen LogP) is 28.2. The maximum absolute atomic E-state index is 4.18. The van der Waals surface area contributed by atoms with Crippen LogP contribution in [-0.2, 0) is 0 Å². The van der Waals surface area contributed by atoms with Crippen molar-refractivity contribution in [3.63, 3.8) is 0 Å². The van der Waals surface area contributed by atoms with E-state index in [1.807, 2.05) is 189 Å². The van der Waals surface area contributed by atoms with Crippen LogP contribution >= 0.6 is 34.0 Å². The molecule has 0 atom stereocenters. The van der Waals surface area contributed by atoms with E-state index in [1.165, 1.54) is 32.7 Å². The van der Waals surface area contributed by atoms with E-state index >= 15 is 0 Å². The molecule has 0 N–H and O–H groups in total. The lowest BCUT2D eigenvalue weighted by Crippen LogP contribution is -1.88. The Kier molecular flexibility index (Phi) is 104. The van der Waals surface area contributed by atoms with Gasteiger partial charge in [0.1, 0.15) is 0 Å². The number of thiophene rings is 3. The maximum atomic E-state index is 4.18. The van der Waals surface area contributed by atoms with Gasteiger partial charge in [-0.25, -0.2) is 0 Å². The van der Waals surface area contributed by atoms with E-state index in [0.29, 0.717) is 41.4 Å². The van der Waals surface area contributed by atoms with Gasteiger partial charge in [-0.05, 0) is 151 Å². The van der Waals surface area contributed by atoms with E-state index in [1.54, 1.807) is 28.9 Å². The number of pyridine rings is 3. The molecule has 6 aromatic heterocycles. The summed E-state index contributed by atoms with van der Waals surface area (Å²) in [6.45, 7) is 69.1.